The van der Waals surface area contributed by atoms with Gasteiger partial charge in [-0.1, -0.05) is 29.8 Å². The molecule has 3 rings (SSSR count). The number of carbonyl (C=O) groups excluding carboxylic acids is 1. The van der Waals surface area contributed by atoms with E-state index in [9.17, 15) is 13.2 Å². The third-order valence-electron chi connectivity index (χ3n) is 5.34. The van der Waals surface area contributed by atoms with Gasteiger partial charge < -0.3 is 4.90 Å². The molecule has 0 bridgehead atoms. The Labute approximate surface area is 156 Å². The minimum Gasteiger partial charge on any atom is -0.340 e. The summed E-state index contributed by atoms with van der Waals surface area (Å²) in [6, 6.07) is 3.82. The lowest BCUT2D eigenvalue weighted by Crippen LogP contribution is -2.50. The monoisotopic (exact) mass is 376 g/mol. The highest BCUT2D eigenvalue weighted by atomic mass is 32.2. The summed E-state index contributed by atoms with van der Waals surface area (Å²) < 4.78 is 27.7. The van der Waals surface area contributed by atoms with Crippen LogP contribution < -0.4 is 0 Å². The summed E-state index contributed by atoms with van der Waals surface area (Å²) in [4.78, 5) is 14.7. The van der Waals surface area contributed by atoms with Gasteiger partial charge in [0, 0.05) is 32.6 Å². The molecule has 26 heavy (non-hydrogen) atoms. The van der Waals surface area contributed by atoms with Gasteiger partial charge in [0.2, 0.25) is 15.9 Å². The van der Waals surface area contributed by atoms with Crippen LogP contribution >= 0.6 is 0 Å². The Kier molecular flexibility index (Phi) is 5.53. The van der Waals surface area contributed by atoms with Crippen LogP contribution in [0.4, 0.5) is 0 Å². The first-order valence-electron chi connectivity index (χ1n) is 9.31. The fraction of sp³-hybridized carbons (Fsp3) is 0.550. The van der Waals surface area contributed by atoms with Gasteiger partial charge >= 0.3 is 0 Å². The zero-order valence-electron chi connectivity index (χ0n) is 15.9. The molecule has 1 aliphatic carbocycles. The van der Waals surface area contributed by atoms with Gasteiger partial charge in [-0.15, -0.1) is 0 Å². The molecule has 1 heterocycles. The molecule has 142 valence electrons. The van der Waals surface area contributed by atoms with Gasteiger partial charge in [0.05, 0.1) is 4.90 Å². The Morgan fingerprint density at radius 1 is 1.08 bits per heavy atom. The molecule has 5 nitrogen and oxygen atoms in total. The van der Waals surface area contributed by atoms with Gasteiger partial charge in [-0.2, -0.15) is 4.31 Å². The third-order valence-corrected chi connectivity index (χ3v) is 7.55. The van der Waals surface area contributed by atoms with Gasteiger partial charge in [0.15, 0.2) is 0 Å². The summed E-state index contributed by atoms with van der Waals surface area (Å²) in [5, 5.41) is 0. The molecule has 0 radical (unpaired) electrons. The predicted molar refractivity (Wildman–Crippen MR) is 102 cm³/mol. The lowest BCUT2D eigenvalue weighted by Gasteiger charge is -2.35. The molecule has 6 heteroatoms. The van der Waals surface area contributed by atoms with Crippen molar-refractivity contribution in [2.45, 2.75) is 44.9 Å². The van der Waals surface area contributed by atoms with E-state index in [1.807, 2.05) is 37.8 Å². The molecule has 1 amide bonds. The summed E-state index contributed by atoms with van der Waals surface area (Å²) in [6.45, 7) is 7.34. The topological polar surface area (TPSA) is 57.7 Å². The molecule has 1 aromatic carbocycles. The Morgan fingerprint density at radius 3 is 2.23 bits per heavy atom. The van der Waals surface area contributed by atoms with E-state index < -0.39 is 10.0 Å². The number of carbonyl (C=O) groups is 1. The Morgan fingerprint density at radius 2 is 1.69 bits per heavy atom. The van der Waals surface area contributed by atoms with Crippen LogP contribution in [0.5, 0.6) is 0 Å². The number of rotatable bonds is 4. The van der Waals surface area contributed by atoms with Gasteiger partial charge in [0.1, 0.15) is 0 Å². The molecular weight excluding hydrogens is 348 g/mol. The molecule has 1 aliphatic heterocycles. The van der Waals surface area contributed by atoms with Gasteiger partial charge in [-0.3, -0.25) is 4.79 Å². The summed E-state index contributed by atoms with van der Waals surface area (Å²) in [5.74, 6) is 0.489. The zero-order chi connectivity index (χ0) is 18.9. The summed E-state index contributed by atoms with van der Waals surface area (Å²) in [7, 11) is -3.53. The van der Waals surface area contributed by atoms with E-state index in [1.54, 1.807) is 0 Å². The van der Waals surface area contributed by atoms with Crippen molar-refractivity contribution in [2.24, 2.45) is 5.92 Å². The van der Waals surface area contributed by atoms with Crippen molar-refractivity contribution in [1.29, 1.82) is 0 Å². The second-order valence-electron chi connectivity index (χ2n) is 7.48. The van der Waals surface area contributed by atoms with E-state index in [2.05, 4.69) is 12.2 Å². The Hall–Kier alpha value is -1.66. The first kappa shape index (κ1) is 19.1. The number of piperazine rings is 1. The minimum atomic E-state index is -3.53. The Bertz CT molecular complexity index is 798. The summed E-state index contributed by atoms with van der Waals surface area (Å²) in [6.07, 6.45) is 6.90. The molecule has 1 saturated heterocycles. The number of aryl methyl sites for hydroxylation is 3. The number of benzene rings is 1. The van der Waals surface area contributed by atoms with Crippen molar-refractivity contribution in [1.82, 2.24) is 9.21 Å². The third kappa shape index (κ3) is 3.86. The van der Waals surface area contributed by atoms with Crippen LogP contribution in [-0.2, 0) is 14.8 Å². The first-order chi connectivity index (χ1) is 12.3. The van der Waals surface area contributed by atoms with E-state index in [0.717, 1.165) is 29.5 Å². The van der Waals surface area contributed by atoms with Crippen LogP contribution in [-0.4, -0.2) is 49.7 Å². The van der Waals surface area contributed by atoms with Crippen LogP contribution in [0.1, 0.15) is 36.0 Å². The molecule has 0 unspecified atom stereocenters. The number of amides is 1. The maximum absolute atomic E-state index is 13.1. The predicted octanol–water partition coefficient (Wildman–Crippen LogP) is 2.80. The average molecular weight is 377 g/mol. The van der Waals surface area contributed by atoms with Crippen LogP contribution in [0, 0.1) is 26.7 Å². The highest BCUT2D eigenvalue weighted by Crippen LogP contribution is 2.27. The Balaban J connectivity index is 1.67. The van der Waals surface area contributed by atoms with Crippen molar-refractivity contribution < 1.29 is 13.2 Å². The largest absolute Gasteiger partial charge is 0.340 e. The first-order valence-corrected chi connectivity index (χ1v) is 10.8. The molecule has 0 N–H and O–H groups in total. The normalized spacial score (nSPS) is 21.3. The molecule has 0 aromatic heterocycles. The molecular formula is C20H28N2O3S. The van der Waals surface area contributed by atoms with Gasteiger partial charge in [-0.25, -0.2) is 8.42 Å². The molecule has 0 spiro atoms. The number of nitrogens with zero attached hydrogens (tertiary/aromatic N) is 2. The van der Waals surface area contributed by atoms with Crippen molar-refractivity contribution in [3.05, 3.63) is 41.0 Å². The van der Waals surface area contributed by atoms with Crippen LogP contribution in [0.25, 0.3) is 0 Å². The highest BCUT2D eigenvalue weighted by Gasteiger charge is 2.32. The highest BCUT2D eigenvalue weighted by molar-refractivity contribution is 7.89. The van der Waals surface area contributed by atoms with E-state index in [4.69, 9.17) is 0 Å². The number of hydrogen-bond donors (Lipinski definition) is 0. The summed E-state index contributed by atoms with van der Waals surface area (Å²) in [5.41, 5.74) is 2.64. The second kappa shape index (κ2) is 7.53. The average Bonchev–Trinajstić information content (AvgIpc) is 3.06. The van der Waals surface area contributed by atoms with Crippen LogP contribution in [0.15, 0.2) is 29.2 Å². The van der Waals surface area contributed by atoms with E-state index >= 15 is 0 Å². The van der Waals surface area contributed by atoms with Crippen LogP contribution in [0.3, 0.4) is 0 Å². The lowest BCUT2D eigenvalue weighted by atomic mass is 10.0. The van der Waals surface area contributed by atoms with E-state index in [0.29, 0.717) is 43.4 Å². The van der Waals surface area contributed by atoms with Crippen LogP contribution in [0.2, 0.25) is 0 Å². The molecule has 1 aromatic rings. The van der Waals surface area contributed by atoms with Crippen molar-refractivity contribution in [3.8, 4) is 0 Å². The quantitative estimate of drug-likeness (QED) is 0.759. The van der Waals surface area contributed by atoms with E-state index in [-0.39, 0.29) is 5.91 Å². The van der Waals surface area contributed by atoms with E-state index in [1.165, 1.54) is 4.31 Å². The fourth-order valence-corrected chi connectivity index (χ4v) is 5.93. The smallest absolute Gasteiger partial charge is 0.243 e. The standard InChI is InChI=1S/C20H28N2O3S/c1-15-12-16(2)20(17(3)13-15)26(24,25)22-10-8-21(9-11-22)19(23)14-18-6-4-5-7-18/h4,6,12-13,18H,5,7-11,14H2,1-3H3/t18-/m1/s1. The molecule has 1 atom stereocenters. The summed E-state index contributed by atoms with van der Waals surface area (Å²) >= 11 is 0. The van der Waals surface area contributed by atoms with Crippen molar-refractivity contribution in [2.75, 3.05) is 26.2 Å². The van der Waals surface area contributed by atoms with Crippen molar-refractivity contribution >= 4 is 15.9 Å². The molecule has 0 saturated carbocycles. The number of allylic oxidation sites excluding steroid dienone is 2. The maximum atomic E-state index is 13.1. The number of hydrogen-bond acceptors (Lipinski definition) is 3. The molecule has 1 fully saturated rings. The SMILES string of the molecule is Cc1cc(C)c(S(=O)(=O)N2CCN(C(=O)C[C@@H]3C=CCC3)CC2)c(C)c1. The zero-order valence-corrected chi connectivity index (χ0v) is 16.7. The molecule has 2 aliphatic rings. The number of sulfonamides is 1. The fourth-order valence-electron chi connectivity index (χ4n) is 4.10. The van der Waals surface area contributed by atoms with Gasteiger partial charge in [-0.05, 0) is 50.7 Å². The second-order valence-corrected chi connectivity index (χ2v) is 9.36. The minimum absolute atomic E-state index is 0.140. The van der Waals surface area contributed by atoms with Crippen molar-refractivity contribution in [3.63, 3.8) is 0 Å². The maximum Gasteiger partial charge on any atom is 0.243 e. The lowest BCUT2D eigenvalue weighted by molar-refractivity contribution is -0.133. The van der Waals surface area contributed by atoms with Gasteiger partial charge in [0.25, 0.3) is 0 Å².